The average molecular weight is 377 g/mol. The number of carboxylic acids is 1. The van der Waals surface area contributed by atoms with Gasteiger partial charge in [-0.05, 0) is 43.2 Å². The van der Waals surface area contributed by atoms with Crippen molar-refractivity contribution in [3.05, 3.63) is 52.8 Å². The molecule has 1 aromatic carbocycles. The van der Waals surface area contributed by atoms with Gasteiger partial charge in [0.1, 0.15) is 18.1 Å². The minimum Gasteiger partial charge on any atom is -0.489 e. The summed E-state index contributed by atoms with van der Waals surface area (Å²) in [4.78, 5) is 27.4. The number of carboxylic acid groups (broad SMARTS) is 1. The van der Waals surface area contributed by atoms with E-state index in [9.17, 15) is 9.59 Å². The molecule has 1 saturated heterocycles. The van der Waals surface area contributed by atoms with Crippen molar-refractivity contribution in [2.75, 3.05) is 18.5 Å². The standard InChI is InChI=1S/C18H17ClN2O5/c19-12-3-4-16(26-10-13-2-1-7-25-13)14(9-12)21-17(22)15-8-11(18(23)24)5-6-20-15/h3-6,8-9,13H,1-2,7,10H2,(H,21,22)(H,23,24). The van der Waals surface area contributed by atoms with Gasteiger partial charge in [0.05, 0.1) is 17.4 Å². The topological polar surface area (TPSA) is 97.8 Å². The van der Waals surface area contributed by atoms with E-state index in [0.717, 1.165) is 19.4 Å². The van der Waals surface area contributed by atoms with Gasteiger partial charge in [0.2, 0.25) is 0 Å². The van der Waals surface area contributed by atoms with Crippen LogP contribution in [0.5, 0.6) is 5.75 Å². The Morgan fingerprint density at radius 3 is 2.92 bits per heavy atom. The first-order valence-electron chi connectivity index (χ1n) is 8.07. The largest absolute Gasteiger partial charge is 0.489 e. The van der Waals surface area contributed by atoms with Crippen LogP contribution in [0, 0.1) is 0 Å². The number of rotatable bonds is 6. The summed E-state index contributed by atoms with van der Waals surface area (Å²) in [7, 11) is 0. The second-order valence-electron chi connectivity index (χ2n) is 5.78. The van der Waals surface area contributed by atoms with Crippen LogP contribution in [0.3, 0.4) is 0 Å². The fourth-order valence-electron chi connectivity index (χ4n) is 2.56. The first-order valence-corrected chi connectivity index (χ1v) is 8.45. The number of halogens is 1. The van der Waals surface area contributed by atoms with Gasteiger partial charge in [-0.2, -0.15) is 0 Å². The summed E-state index contributed by atoms with van der Waals surface area (Å²) in [5, 5.41) is 12.1. The van der Waals surface area contributed by atoms with Crippen molar-refractivity contribution >= 4 is 29.2 Å². The lowest BCUT2D eigenvalue weighted by atomic mass is 10.2. The van der Waals surface area contributed by atoms with Gasteiger partial charge in [0.15, 0.2) is 0 Å². The summed E-state index contributed by atoms with van der Waals surface area (Å²) in [6.45, 7) is 1.10. The summed E-state index contributed by atoms with van der Waals surface area (Å²) in [6.07, 6.45) is 3.24. The first kappa shape index (κ1) is 18.2. The Morgan fingerprint density at radius 1 is 1.35 bits per heavy atom. The van der Waals surface area contributed by atoms with E-state index in [4.69, 9.17) is 26.2 Å². The van der Waals surface area contributed by atoms with Crippen molar-refractivity contribution in [3.63, 3.8) is 0 Å². The highest BCUT2D eigenvalue weighted by Crippen LogP contribution is 2.29. The summed E-state index contributed by atoms with van der Waals surface area (Å²) in [5.74, 6) is -1.24. The van der Waals surface area contributed by atoms with Gasteiger partial charge >= 0.3 is 5.97 Å². The predicted molar refractivity (Wildman–Crippen MR) is 95.1 cm³/mol. The highest BCUT2D eigenvalue weighted by atomic mass is 35.5. The molecule has 2 N–H and O–H groups in total. The van der Waals surface area contributed by atoms with Crippen LogP contribution in [-0.4, -0.2) is 41.3 Å². The van der Waals surface area contributed by atoms with Gasteiger partial charge in [-0.3, -0.25) is 9.78 Å². The maximum atomic E-state index is 12.4. The average Bonchev–Trinajstić information content (AvgIpc) is 3.14. The van der Waals surface area contributed by atoms with Crippen molar-refractivity contribution in [1.82, 2.24) is 4.98 Å². The van der Waals surface area contributed by atoms with E-state index in [-0.39, 0.29) is 17.4 Å². The molecule has 1 atom stereocenters. The highest BCUT2D eigenvalue weighted by molar-refractivity contribution is 6.31. The fourth-order valence-corrected chi connectivity index (χ4v) is 2.73. The smallest absolute Gasteiger partial charge is 0.335 e. The molecule has 0 aliphatic carbocycles. The summed E-state index contributed by atoms with van der Waals surface area (Å²) in [5.41, 5.74) is 0.337. The number of carbonyl (C=O) groups excluding carboxylic acids is 1. The number of nitrogens with zero attached hydrogens (tertiary/aromatic N) is 1. The van der Waals surface area contributed by atoms with Crippen LogP contribution < -0.4 is 10.1 Å². The van der Waals surface area contributed by atoms with E-state index >= 15 is 0 Å². The Bertz CT molecular complexity index is 821. The Labute approximate surface area is 154 Å². The van der Waals surface area contributed by atoms with Crippen LogP contribution >= 0.6 is 11.6 Å². The van der Waals surface area contributed by atoms with Crippen molar-refractivity contribution in [2.45, 2.75) is 18.9 Å². The van der Waals surface area contributed by atoms with Gasteiger partial charge in [-0.25, -0.2) is 4.79 Å². The van der Waals surface area contributed by atoms with E-state index < -0.39 is 11.9 Å². The van der Waals surface area contributed by atoms with Crippen LogP contribution in [0.15, 0.2) is 36.5 Å². The van der Waals surface area contributed by atoms with Crippen LogP contribution in [0.25, 0.3) is 0 Å². The number of aromatic nitrogens is 1. The van der Waals surface area contributed by atoms with E-state index in [1.807, 2.05) is 0 Å². The SMILES string of the molecule is O=C(O)c1ccnc(C(=O)Nc2cc(Cl)ccc2OCC2CCCO2)c1. The number of ether oxygens (including phenoxy) is 2. The van der Waals surface area contributed by atoms with Gasteiger partial charge < -0.3 is 19.9 Å². The number of nitrogens with one attached hydrogen (secondary N) is 1. The maximum absolute atomic E-state index is 12.4. The number of hydrogen-bond acceptors (Lipinski definition) is 5. The zero-order valence-electron chi connectivity index (χ0n) is 13.8. The molecule has 1 aliphatic rings. The molecule has 8 heteroatoms. The molecular weight excluding hydrogens is 360 g/mol. The van der Waals surface area contributed by atoms with E-state index in [0.29, 0.717) is 23.1 Å². The fraction of sp³-hybridized carbons (Fsp3) is 0.278. The molecule has 0 spiro atoms. The summed E-state index contributed by atoms with van der Waals surface area (Å²) < 4.78 is 11.3. The maximum Gasteiger partial charge on any atom is 0.335 e. The molecule has 136 valence electrons. The molecule has 2 aromatic rings. The minimum atomic E-state index is -1.13. The molecule has 1 aliphatic heterocycles. The third kappa shape index (κ3) is 4.50. The van der Waals surface area contributed by atoms with E-state index in [1.54, 1.807) is 18.2 Å². The molecule has 3 rings (SSSR count). The number of amides is 1. The molecule has 1 amide bonds. The first-order chi connectivity index (χ1) is 12.5. The summed E-state index contributed by atoms with van der Waals surface area (Å²) in [6, 6.07) is 7.40. The van der Waals surface area contributed by atoms with Gasteiger partial charge in [-0.1, -0.05) is 11.6 Å². The molecule has 1 unspecified atom stereocenters. The van der Waals surface area contributed by atoms with Crippen LogP contribution in [0.4, 0.5) is 5.69 Å². The van der Waals surface area contributed by atoms with Crippen molar-refractivity contribution < 1.29 is 24.2 Å². The molecule has 1 fully saturated rings. The number of hydrogen-bond donors (Lipinski definition) is 2. The number of benzene rings is 1. The second kappa shape index (κ2) is 8.16. The molecule has 2 heterocycles. The quantitative estimate of drug-likeness (QED) is 0.803. The third-order valence-corrected chi connectivity index (χ3v) is 4.11. The highest BCUT2D eigenvalue weighted by Gasteiger charge is 2.18. The van der Waals surface area contributed by atoms with E-state index in [1.165, 1.54) is 18.3 Å². The van der Waals surface area contributed by atoms with Crippen molar-refractivity contribution in [3.8, 4) is 5.75 Å². The third-order valence-electron chi connectivity index (χ3n) is 3.88. The molecule has 7 nitrogen and oxygen atoms in total. The normalized spacial score (nSPS) is 16.3. The Morgan fingerprint density at radius 2 is 2.19 bits per heavy atom. The zero-order valence-corrected chi connectivity index (χ0v) is 14.5. The van der Waals surface area contributed by atoms with Crippen LogP contribution in [0.2, 0.25) is 5.02 Å². The second-order valence-corrected chi connectivity index (χ2v) is 6.21. The van der Waals surface area contributed by atoms with Crippen LogP contribution in [-0.2, 0) is 4.74 Å². The molecule has 0 radical (unpaired) electrons. The summed E-state index contributed by atoms with van der Waals surface area (Å²) >= 11 is 6.02. The van der Waals surface area contributed by atoms with Crippen molar-refractivity contribution in [2.24, 2.45) is 0 Å². The lowest BCUT2D eigenvalue weighted by molar-refractivity contribution is 0.0681. The number of aromatic carboxylic acids is 1. The lowest BCUT2D eigenvalue weighted by Gasteiger charge is -2.15. The molecule has 0 saturated carbocycles. The van der Waals surface area contributed by atoms with Gasteiger partial charge in [0, 0.05) is 17.8 Å². The van der Waals surface area contributed by atoms with Crippen LogP contribution in [0.1, 0.15) is 33.7 Å². The van der Waals surface area contributed by atoms with Gasteiger partial charge in [0.25, 0.3) is 5.91 Å². The molecular formula is C18H17ClN2O5. The predicted octanol–water partition coefficient (Wildman–Crippen LogP) is 3.24. The molecule has 26 heavy (non-hydrogen) atoms. The molecule has 1 aromatic heterocycles. The number of pyridine rings is 1. The Hall–Kier alpha value is -2.64. The minimum absolute atomic E-state index is 0.0186. The number of anilines is 1. The van der Waals surface area contributed by atoms with Gasteiger partial charge in [-0.15, -0.1) is 0 Å². The Balaban J connectivity index is 1.75. The lowest BCUT2D eigenvalue weighted by Crippen LogP contribution is -2.18. The Kier molecular flexibility index (Phi) is 5.70. The van der Waals surface area contributed by atoms with E-state index in [2.05, 4.69) is 10.3 Å². The zero-order chi connectivity index (χ0) is 18.5. The monoisotopic (exact) mass is 376 g/mol. The number of carbonyl (C=O) groups is 2. The van der Waals surface area contributed by atoms with Crippen molar-refractivity contribution in [1.29, 1.82) is 0 Å². The molecule has 0 bridgehead atoms.